The zero-order valence-electron chi connectivity index (χ0n) is 20.5. The van der Waals surface area contributed by atoms with Crippen LogP contribution >= 0.6 is 0 Å². The third-order valence-electron chi connectivity index (χ3n) is 6.72. The predicted molar refractivity (Wildman–Crippen MR) is 133 cm³/mol. The van der Waals surface area contributed by atoms with Crippen LogP contribution in [-0.4, -0.2) is 66.0 Å². The number of aliphatic hydroxyl groups excluding tert-OH is 1. The predicted octanol–water partition coefficient (Wildman–Crippen LogP) is 4.05. The normalized spacial score (nSPS) is 21.3. The van der Waals surface area contributed by atoms with E-state index in [9.17, 15) is 14.7 Å². The van der Waals surface area contributed by atoms with Crippen molar-refractivity contribution < 1.29 is 19.4 Å². The molecule has 0 aliphatic carbocycles. The monoisotopic (exact) mass is 462 g/mol. The summed E-state index contributed by atoms with van der Waals surface area (Å²) in [7, 11) is 0. The van der Waals surface area contributed by atoms with Crippen LogP contribution in [0.15, 0.2) is 54.1 Å². The van der Waals surface area contributed by atoms with E-state index in [1.54, 1.807) is 17.0 Å². The third kappa shape index (κ3) is 4.93. The van der Waals surface area contributed by atoms with Crippen LogP contribution in [0.1, 0.15) is 49.1 Å². The van der Waals surface area contributed by atoms with Gasteiger partial charge < -0.3 is 14.7 Å². The van der Waals surface area contributed by atoms with Crippen LogP contribution in [0.4, 0.5) is 0 Å². The Hall–Kier alpha value is -2.96. The van der Waals surface area contributed by atoms with Gasteiger partial charge in [-0.25, -0.2) is 0 Å². The van der Waals surface area contributed by atoms with Crippen molar-refractivity contribution in [3.8, 4) is 0 Å². The maximum Gasteiger partial charge on any atom is 0.295 e. The highest BCUT2D eigenvalue weighted by atomic mass is 16.5. The summed E-state index contributed by atoms with van der Waals surface area (Å²) in [5.41, 5.74) is 3.71. The van der Waals surface area contributed by atoms with Gasteiger partial charge in [0.2, 0.25) is 0 Å². The first-order valence-electron chi connectivity index (χ1n) is 11.9. The van der Waals surface area contributed by atoms with E-state index >= 15 is 0 Å². The Morgan fingerprint density at radius 3 is 2.18 bits per heavy atom. The number of amides is 1. The fourth-order valence-corrected chi connectivity index (χ4v) is 4.56. The molecule has 2 fully saturated rings. The summed E-state index contributed by atoms with van der Waals surface area (Å²) in [6, 6.07) is 14.7. The Bertz CT molecular complexity index is 1070. The van der Waals surface area contributed by atoms with Crippen LogP contribution in [0.2, 0.25) is 0 Å². The van der Waals surface area contributed by atoms with E-state index in [4.69, 9.17) is 4.74 Å². The van der Waals surface area contributed by atoms with Gasteiger partial charge in [-0.3, -0.25) is 14.5 Å². The molecule has 4 rings (SSSR count). The molecule has 1 amide bonds. The van der Waals surface area contributed by atoms with Crippen molar-refractivity contribution in [2.75, 3.05) is 39.4 Å². The summed E-state index contributed by atoms with van der Waals surface area (Å²) in [5.74, 6) is -1.33. The Morgan fingerprint density at radius 2 is 1.59 bits per heavy atom. The van der Waals surface area contributed by atoms with Crippen molar-refractivity contribution in [3.05, 3.63) is 76.4 Å². The molecule has 2 saturated heterocycles. The summed E-state index contributed by atoms with van der Waals surface area (Å²) < 4.78 is 5.43. The molecule has 1 N–H and O–H groups in total. The van der Waals surface area contributed by atoms with Gasteiger partial charge in [0.15, 0.2) is 0 Å². The first-order valence-corrected chi connectivity index (χ1v) is 11.9. The molecule has 0 aromatic heterocycles. The zero-order chi connectivity index (χ0) is 24.5. The Balaban J connectivity index is 1.74. The number of hydrogen-bond acceptors (Lipinski definition) is 5. The molecule has 1 atom stereocenters. The molecule has 0 spiro atoms. The molecule has 6 heteroatoms. The molecule has 2 heterocycles. The summed E-state index contributed by atoms with van der Waals surface area (Å²) in [6.07, 6.45) is 0. The lowest BCUT2D eigenvalue weighted by Crippen LogP contribution is -2.42. The van der Waals surface area contributed by atoms with E-state index in [0.717, 1.165) is 24.2 Å². The second kappa shape index (κ2) is 9.72. The highest BCUT2D eigenvalue weighted by molar-refractivity contribution is 6.46. The van der Waals surface area contributed by atoms with Crippen LogP contribution in [0.25, 0.3) is 5.76 Å². The maximum atomic E-state index is 13.2. The number of morpholine rings is 1. The summed E-state index contributed by atoms with van der Waals surface area (Å²) in [5, 5.41) is 11.2. The van der Waals surface area contributed by atoms with Gasteiger partial charge in [0, 0.05) is 31.7 Å². The molecular weight excluding hydrogens is 428 g/mol. The number of Topliss-reactive ketones (excluding diaryl/α,β-unsaturated/α-hetero) is 1. The van der Waals surface area contributed by atoms with Crippen molar-refractivity contribution in [2.24, 2.45) is 0 Å². The Kier molecular flexibility index (Phi) is 6.91. The number of carbonyl (C=O) groups excluding carboxylic acids is 2. The number of benzene rings is 2. The molecule has 6 nitrogen and oxygen atoms in total. The molecule has 0 saturated carbocycles. The summed E-state index contributed by atoms with van der Waals surface area (Å²) in [6.45, 7) is 12.4. The molecule has 2 aliphatic rings. The Labute approximate surface area is 201 Å². The standard InChI is InChI=1S/C28H34N2O4/c1-19-5-7-21(8-6-19)25(31)23-24(20-9-11-22(12-10-20)28(2,3)4)30(27(33)26(23)32)14-13-29-15-17-34-18-16-29/h5-12,24,31H,13-18H2,1-4H3/t24-/m0/s1. The van der Waals surface area contributed by atoms with Gasteiger partial charge in [-0.2, -0.15) is 0 Å². The van der Waals surface area contributed by atoms with Gasteiger partial charge in [-0.1, -0.05) is 74.9 Å². The van der Waals surface area contributed by atoms with Crippen molar-refractivity contribution >= 4 is 17.4 Å². The minimum Gasteiger partial charge on any atom is -0.507 e. The lowest BCUT2D eigenvalue weighted by atomic mass is 9.85. The molecule has 2 aromatic rings. The van der Waals surface area contributed by atoms with Crippen molar-refractivity contribution in [3.63, 3.8) is 0 Å². The highest BCUT2D eigenvalue weighted by Crippen LogP contribution is 2.40. The van der Waals surface area contributed by atoms with Gasteiger partial charge in [-0.15, -0.1) is 0 Å². The van der Waals surface area contributed by atoms with E-state index in [2.05, 4.69) is 25.7 Å². The smallest absolute Gasteiger partial charge is 0.295 e. The molecule has 34 heavy (non-hydrogen) atoms. The fraction of sp³-hybridized carbons (Fsp3) is 0.429. The van der Waals surface area contributed by atoms with Crippen molar-refractivity contribution in [1.82, 2.24) is 9.80 Å². The molecular formula is C28H34N2O4. The molecule has 2 aromatic carbocycles. The Morgan fingerprint density at radius 1 is 0.971 bits per heavy atom. The summed E-state index contributed by atoms with van der Waals surface area (Å²) >= 11 is 0. The van der Waals surface area contributed by atoms with Gasteiger partial charge in [-0.05, 0) is 23.5 Å². The van der Waals surface area contributed by atoms with Crippen molar-refractivity contribution in [2.45, 2.75) is 39.2 Å². The zero-order valence-corrected chi connectivity index (χ0v) is 20.5. The number of hydrogen-bond donors (Lipinski definition) is 1. The second-order valence-electron chi connectivity index (χ2n) is 10.2. The maximum absolute atomic E-state index is 13.2. The third-order valence-corrected chi connectivity index (χ3v) is 6.72. The number of ketones is 1. The number of carbonyl (C=O) groups is 2. The van der Waals surface area contributed by atoms with Crippen LogP contribution in [0, 0.1) is 6.92 Å². The summed E-state index contributed by atoms with van der Waals surface area (Å²) in [4.78, 5) is 30.2. The van der Waals surface area contributed by atoms with Gasteiger partial charge >= 0.3 is 0 Å². The van der Waals surface area contributed by atoms with Gasteiger partial charge in [0.25, 0.3) is 11.7 Å². The van der Waals surface area contributed by atoms with E-state index < -0.39 is 17.7 Å². The molecule has 0 bridgehead atoms. The van der Waals surface area contributed by atoms with E-state index in [1.165, 1.54) is 5.56 Å². The molecule has 0 unspecified atom stereocenters. The number of ether oxygens (including phenoxy) is 1. The quantitative estimate of drug-likeness (QED) is 0.413. The average Bonchev–Trinajstić information content (AvgIpc) is 3.08. The molecule has 0 radical (unpaired) electrons. The number of aryl methyl sites for hydroxylation is 1. The lowest BCUT2D eigenvalue weighted by molar-refractivity contribution is -0.140. The average molecular weight is 463 g/mol. The number of rotatable bonds is 5. The number of nitrogens with zero attached hydrogens (tertiary/aromatic N) is 2. The molecule has 2 aliphatic heterocycles. The van der Waals surface area contributed by atoms with E-state index in [0.29, 0.717) is 31.9 Å². The van der Waals surface area contributed by atoms with Crippen LogP contribution in [0.5, 0.6) is 0 Å². The van der Waals surface area contributed by atoms with Gasteiger partial charge in [0.05, 0.1) is 24.8 Å². The SMILES string of the molecule is Cc1ccc(C(O)=C2C(=O)C(=O)N(CCN3CCOCC3)[C@H]2c2ccc(C(C)(C)C)cc2)cc1. The fourth-order valence-electron chi connectivity index (χ4n) is 4.56. The van der Waals surface area contributed by atoms with Crippen LogP contribution in [0.3, 0.4) is 0 Å². The second-order valence-corrected chi connectivity index (χ2v) is 10.2. The van der Waals surface area contributed by atoms with Crippen LogP contribution < -0.4 is 0 Å². The van der Waals surface area contributed by atoms with Gasteiger partial charge in [0.1, 0.15) is 5.76 Å². The minimum absolute atomic E-state index is 0.0153. The van der Waals surface area contributed by atoms with E-state index in [-0.39, 0.29) is 16.7 Å². The number of aliphatic hydroxyl groups is 1. The lowest BCUT2D eigenvalue weighted by Gasteiger charge is -2.31. The number of likely N-dealkylation sites (tertiary alicyclic amines) is 1. The first-order chi connectivity index (χ1) is 16.2. The van der Waals surface area contributed by atoms with Crippen molar-refractivity contribution in [1.29, 1.82) is 0 Å². The highest BCUT2D eigenvalue weighted by Gasteiger charge is 2.46. The first kappa shape index (κ1) is 24.2. The van der Waals surface area contributed by atoms with Crippen LogP contribution in [-0.2, 0) is 19.7 Å². The topological polar surface area (TPSA) is 70.1 Å². The van der Waals surface area contributed by atoms with E-state index in [1.807, 2.05) is 43.3 Å². The minimum atomic E-state index is -0.634. The largest absolute Gasteiger partial charge is 0.507 e. The molecule has 180 valence electrons.